The van der Waals surface area contributed by atoms with Crippen LogP contribution < -0.4 is 5.01 Å². The Kier molecular flexibility index (Phi) is 4.43. The zero-order valence-electron chi connectivity index (χ0n) is 12.9. The normalized spacial score (nSPS) is 21.8. The lowest BCUT2D eigenvalue weighted by Crippen LogP contribution is -2.49. The van der Waals surface area contributed by atoms with Gasteiger partial charge in [0.05, 0.1) is 29.5 Å². The molecule has 2 heterocycles. The second-order valence-electron chi connectivity index (χ2n) is 5.50. The highest BCUT2D eigenvalue weighted by Crippen LogP contribution is 2.40. The van der Waals surface area contributed by atoms with Crippen LogP contribution in [0.5, 0.6) is 0 Å². The molecule has 25 heavy (non-hydrogen) atoms. The van der Waals surface area contributed by atoms with Gasteiger partial charge in [0.25, 0.3) is 5.69 Å². The van der Waals surface area contributed by atoms with Gasteiger partial charge in [-0.2, -0.15) is 13.2 Å². The van der Waals surface area contributed by atoms with Crippen molar-refractivity contribution in [3.8, 4) is 0 Å². The number of anilines is 1. The van der Waals surface area contributed by atoms with Crippen LogP contribution in [0.3, 0.4) is 0 Å². The minimum Gasteiger partial charge on any atom is -0.379 e. The van der Waals surface area contributed by atoms with Gasteiger partial charge < -0.3 is 4.74 Å². The number of morpholine rings is 1. The Balaban J connectivity index is 1.98. The highest BCUT2D eigenvalue weighted by molar-refractivity contribution is 5.58. The van der Waals surface area contributed by atoms with Crippen molar-refractivity contribution in [3.63, 3.8) is 0 Å². The molecule has 1 aromatic carbocycles. The molecule has 0 radical (unpaired) electrons. The molecule has 0 N–H and O–H groups in total. The van der Waals surface area contributed by atoms with Gasteiger partial charge in [-0.1, -0.05) is 11.8 Å². The molecule has 0 aromatic heterocycles. The van der Waals surface area contributed by atoms with Gasteiger partial charge in [-0.05, 0) is 12.1 Å². The van der Waals surface area contributed by atoms with Crippen molar-refractivity contribution in [1.82, 2.24) is 4.90 Å². The third-order valence-corrected chi connectivity index (χ3v) is 3.94. The Morgan fingerprint density at radius 1 is 1.32 bits per heavy atom. The van der Waals surface area contributed by atoms with Crippen LogP contribution in [0.2, 0.25) is 0 Å². The Hall–Kier alpha value is -2.53. The van der Waals surface area contributed by atoms with Crippen molar-refractivity contribution in [1.29, 1.82) is 0 Å². The molecule has 1 aromatic rings. The summed E-state index contributed by atoms with van der Waals surface area (Å²) in [6, 6.07) is 2.76. The van der Waals surface area contributed by atoms with E-state index in [2.05, 4.69) is 16.9 Å². The van der Waals surface area contributed by atoms with E-state index in [0.717, 1.165) is 6.07 Å². The van der Waals surface area contributed by atoms with Crippen LogP contribution in [-0.4, -0.2) is 42.3 Å². The zero-order chi connectivity index (χ0) is 18.2. The van der Waals surface area contributed by atoms with E-state index in [9.17, 15) is 23.3 Å². The maximum Gasteiger partial charge on any atom is 0.423 e. The number of rotatable bonds is 3. The van der Waals surface area contributed by atoms with Gasteiger partial charge in [-0.15, -0.1) is 5.11 Å². The van der Waals surface area contributed by atoms with E-state index in [1.165, 1.54) is 11.1 Å². The monoisotopic (exact) mass is 357 g/mol. The number of benzene rings is 1. The quantitative estimate of drug-likeness (QED) is 0.613. The summed E-state index contributed by atoms with van der Waals surface area (Å²) < 4.78 is 44.8. The Morgan fingerprint density at radius 2 is 2.00 bits per heavy atom. The summed E-state index contributed by atoms with van der Waals surface area (Å²) >= 11 is 0. The lowest BCUT2D eigenvalue weighted by atomic mass is 10.1. The largest absolute Gasteiger partial charge is 0.423 e. The Morgan fingerprint density at radius 3 is 2.60 bits per heavy atom. The maximum absolute atomic E-state index is 13.2. The van der Waals surface area contributed by atoms with Crippen molar-refractivity contribution in [2.75, 3.05) is 31.3 Å². The van der Waals surface area contributed by atoms with E-state index in [4.69, 9.17) is 4.74 Å². The van der Waals surface area contributed by atoms with Crippen LogP contribution in [0.25, 0.3) is 0 Å². The molecule has 8 nitrogen and oxygen atoms in total. The summed E-state index contributed by atoms with van der Waals surface area (Å²) in [7, 11) is 0. The topological polar surface area (TPSA) is 83.6 Å². The number of nitro benzene ring substituents is 1. The smallest absolute Gasteiger partial charge is 0.379 e. The highest BCUT2D eigenvalue weighted by atomic mass is 19.4. The van der Waals surface area contributed by atoms with Crippen molar-refractivity contribution in [2.45, 2.75) is 12.3 Å². The number of ether oxygens (including phenoxy) is 1. The van der Waals surface area contributed by atoms with Crippen LogP contribution in [0, 0.1) is 10.1 Å². The standard InChI is InChI=1S/C14H14F3N5O3/c1-9-13(20-4-6-25-7-5-20)21(19-18-9)10-2-3-12(22(23)24)11(8-10)14(15,16)17/h2-3,8,13H,1,4-7H2. The van der Waals surface area contributed by atoms with Crippen LogP contribution in [0.4, 0.5) is 24.5 Å². The molecule has 11 heteroatoms. The predicted octanol–water partition coefficient (Wildman–Crippen LogP) is 2.97. The third kappa shape index (κ3) is 3.33. The number of halogens is 3. The molecule has 2 aliphatic rings. The number of hydrogen-bond acceptors (Lipinski definition) is 7. The summed E-state index contributed by atoms with van der Waals surface area (Å²) in [6.45, 7) is 5.84. The van der Waals surface area contributed by atoms with Gasteiger partial charge in [0.2, 0.25) is 0 Å². The second-order valence-corrected chi connectivity index (χ2v) is 5.50. The van der Waals surface area contributed by atoms with E-state index in [-0.39, 0.29) is 5.69 Å². The SMILES string of the molecule is C=C1N=NN(c2ccc([N+](=O)[O-])c(C(F)(F)F)c2)C1N1CCOCC1. The van der Waals surface area contributed by atoms with E-state index in [1.807, 2.05) is 4.90 Å². The minimum absolute atomic E-state index is 0.0526. The van der Waals surface area contributed by atoms with E-state index in [1.54, 1.807) is 0 Å². The van der Waals surface area contributed by atoms with Gasteiger partial charge in [0.15, 0.2) is 6.17 Å². The fraction of sp³-hybridized carbons (Fsp3) is 0.429. The summed E-state index contributed by atoms with van der Waals surface area (Å²) in [5, 5.41) is 19.9. The van der Waals surface area contributed by atoms with Crippen molar-refractivity contribution >= 4 is 11.4 Å². The minimum atomic E-state index is -4.86. The molecular weight excluding hydrogens is 343 g/mol. The first kappa shape index (κ1) is 17.3. The fourth-order valence-corrected chi connectivity index (χ4v) is 2.78. The van der Waals surface area contributed by atoms with Crippen LogP contribution >= 0.6 is 0 Å². The average Bonchev–Trinajstić information content (AvgIpc) is 2.96. The fourth-order valence-electron chi connectivity index (χ4n) is 2.78. The highest BCUT2D eigenvalue weighted by Gasteiger charge is 2.40. The molecule has 2 aliphatic heterocycles. The van der Waals surface area contributed by atoms with E-state index >= 15 is 0 Å². The second kappa shape index (κ2) is 6.41. The lowest BCUT2D eigenvalue weighted by molar-refractivity contribution is -0.388. The molecule has 0 amide bonds. The molecular formula is C14H14F3N5O3. The van der Waals surface area contributed by atoms with Crippen molar-refractivity contribution in [3.05, 3.63) is 46.2 Å². The molecule has 0 aliphatic carbocycles. The molecule has 0 bridgehead atoms. The van der Waals surface area contributed by atoms with Gasteiger partial charge in [0.1, 0.15) is 5.56 Å². The van der Waals surface area contributed by atoms with Crippen molar-refractivity contribution < 1.29 is 22.8 Å². The zero-order valence-corrected chi connectivity index (χ0v) is 12.9. The summed E-state index contributed by atoms with van der Waals surface area (Å²) in [6.07, 6.45) is -5.41. The van der Waals surface area contributed by atoms with Gasteiger partial charge in [-0.3, -0.25) is 15.0 Å². The number of nitro groups is 1. The number of nitrogens with zero attached hydrogens (tertiary/aromatic N) is 5. The Bertz CT molecular complexity index is 731. The first-order valence-electron chi connectivity index (χ1n) is 7.36. The van der Waals surface area contributed by atoms with Crippen LogP contribution in [0.15, 0.2) is 40.8 Å². The van der Waals surface area contributed by atoms with E-state index < -0.39 is 28.5 Å². The molecule has 134 valence electrons. The molecule has 3 rings (SSSR count). The predicted molar refractivity (Wildman–Crippen MR) is 80.8 cm³/mol. The first-order chi connectivity index (χ1) is 11.8. The van der Waals surface area contributed by atoms with Crippen LogP contribution in [0.1, 0.15) is 5.56 Å². The average molecular weight is 357 g/mol. The molecule has 1 atom stereocenters. The van der Waals surface area contributed by atoms with Crippen LogP contribution in [-0.2, 0) is 10.9 Å². The van der Waals surface area contributed by atoms with Gasteiger partial charge in [-0.25, -0.2) is 5.01 Å². The third-order valence-electron chi connectivity index (χ3n) is 3.94. The molecule has 0 saturated carbocycles. The van der Waals surface area contributed by atoms with Gasteiger partial charge >= 0.3 is 6.18 Å². The summed E-state index contributed by atoms with van der Waals surface area (Å²) in [5.41, 5.74) is -1.90. The van der Waals surface area contributed by atoms with E-state index in [0.29, 0.717) is 38.1 Å². The maximum atomic E-state index is 13.2. The number of alkyl halides is 3. The lowest BCUT2D eigenvalue weighted by Gasteiger charge is -2.35. The van der Waals surface area contributed by atoms with Crippen molar-refractivity contribution in [2.24, 2.45) is 10.3 Å². The molecule has 0 spiro atoms. The first-order valence-corrected chi connectivity index (χ1v) is 7.36. The molecule has 1 unspecified atom stereocenters. The Labute approximate surface area is 140 Å². The molecule has 1 saturated heterocycles. The number of hydrogen-bond donors (Lipinski definition) is 0. The molecule has 1 fully saturated rings. The van der Waals surface area contributed by atoms with Gasteiger partial charge in [0, 0.05) is 19.2 Å². The summed E-state index contributed by atoms with van der Waals surface area (Å²) in [5.74, 6) is 0. The summed E-state index contributed by atoms with van der Waals surface area (Å²) in [4.78, 5) is 11.8.